The molecule has 0 bridgehead atoms. The van der Waals surface area contributed by atoms with Gasteiger partial charge < -0.3 is 4.90 Å². The number of hydrogen-bond acceptors (Lipinski definition) is 6. The van der Waals surface area contributed by atoms with Crippen molar-refractivity contribution < 1.29 is 27.6 Å². The lowest BCUT2D eigenvalue weighted by Crippen LogP contribution is -2.48. The monoisotopic (exact) mass is 473 g/mol. The molecule has 10 heteroatoms. The number of carbonyl (C=O) groups excluding carboxylic acids is 4. The van der Waals surface area contributed by atoms with Crippen molar-refractivity contribution in [1.29, 1.82) is 0 Å². The number of hydrogen-bond donors (Lipinski definition) is 0. The average Bonchev–Trinajstić information content (AvgIpc) is 3.25. The van der Waals surface area contributed by atoms with Gasteiger partial charge in [0.2, 0.25) is 5.91 Å². The first kappa shape index (κ1) is 23.2. The average molecular weight is 474 g/mol. The second-order valence-corrected chi connectivity index (χ2v) is 10.9. The molecule has 0 saturated carbocycles. The zero-order chi connectivity index (χ0) is 23.6. The Morgan fingerprint density at radius 1 is 1.03 bits per heavy atom. The highest BCUT2D eigenvalue weighted by molar-refractivity contribution is 7.91. The Morgan fingerprint density at radius 3 is 2.39 bits per heavy atom. The number of nitrogens with zero attached hydrogens (tertiary/aromatic N) is 3. The van der Waals surface area contributed by atoms with Crippen LogP contribution < -0.4 is 4.90 Å². The number of rotatable bonds is 7. The van der Waals surface area contributed by atoms with Crippen LogP contribution in [0.3, 0.4) is 0 Å². The van der Waals surface area contributed by atoms with Crippen molar-refractivity contribution >= 4 is 39.3 Å². The van der Waals surface area contributed by atoms with Crippen LogP contribution in [0.5, 0.6) is 0 Å². The predicted octanol–water partition coefficient (Wildman–Crippen LogP) is 1.89. The maximum absolute atomic E-state index is 13.3. The summed E-state index contributed by atoms with van der Waals surface area (Å²) in [7, 11) is -3.28. The van der Waals surface area contributed by atoms with Gasteiger partial charge in [-0.25, -0.2) is 18.1 Å². The van der Waals surface area contributed by atoms with Crippen molar-refractivity contribution in [3.63, 3.8) is 0 Å². The lowest BCUT2D eigenvalue weighted by molar-refractivity contribution is -0.143. The Kier molecular flexibility index (Phi) is 6.64. The van der Waals surface area contributed by atoms with Gasteiger partial charge in [-0.3, -0.25) is 19.3 Å². The summed E-state index contributed by atoms with van der Waals surface area (Å²) in [6.07, 6.45) is 6.99. The maximum atomic E-state index is 13.3. The van der Waals surface area contributed by atoms with Crippen LogP contribution in [0.4, 0.5) is 10.5 Å². The van der Waals surface area contributed by atoms with Crippen LogP contribution in [0, 0.1) is 0 Å². The second kappa shape index (κ2) is 9.46. The Morgan fingerprint density at radius 2 is 1.76 bits per heavy atom. The number of allylic oxidation sites excluding steroid dienone is 1. The van der Waals surface area contributed by atoms with Gasteiger partial charge in [0.1, 0.15) is 6.54 Å². The highest BCUT2D eigenvalue weighted by Crippen LogP contribution is 2.26. The molecule has 0 radical (unpaired) electrons. The zero-order valence-electron chi connectivity index (χ0n) is 18.3. The fourth-order valence-corrected chi connectivity index (χ4v) is 6.31. The molecule has 2 fully saturated rings. The number of anilines is 1. The first-order valence-corrected chi connectivity index (χ1v) is 13.0. The summed E-state index contributed by atoms with van der Waals surface area (Å²) in [4.78, 5) is 54.0. The smallest absolute Gasteiger partial charge is 0.307 e. The summed E-state index contributed by atoms with van der Waals surface area (Å²) in [6.45, 7) is -0.517. The highest BCUT2D eigenvalue weighted by atomic mass is 32.2. The number of sulfone groups is 1. The predicted molar refractivity (Wildman–Crippen MR) is 121 cm³/mol. The third kappa shape index (κ3) is 5.00. The Labute approximate surface area is 192 Å². The molecule has 2 saturated heterocycles. The Hall–Kier alpha value is -3.01. The highest BCUT2D eigenvalue weighted by Gasteiger charge is 2.46. The van der Waals surface area contributed by atoms with E-state index in [0.29, 0.717) is 17.0 Å². The molecule has 4 rings (SSSR count). The topological polar surface area (TPSA) is 112 Å². The van der Waals surface area contributed by atoms with Crippen LogP contribution in [-0.4, -0.2) is 72.6 Å². The second-order valence-electron chi connectivity index (χ2n) is 8.64. The van der Waals surface area contributed by atoms with Gasteiger partial charge in [-0.05, 0) is 50.7 Å². The molecule has 1 aliphatic carbocycles. The number of para-hydroxylation sites is 1. The van der Waals surface area contributed by atoms with Crippen molar-refractivity contribution in [1.82, 2.24) is 9.80 Å². The van der Waals surface area contributed by atoms with Gasteiger partial charge in [-0.15, -0.1) is 0 Å². The molecule has 0 aromatic heterocycles. The third-order valence-electron chi connectivity index (χ3n) is 6.35. The SMILES string of the molecule is O=C1C(=O)N(CC(=O)N(c2ccccc2)[C@H]2CCS(=O)(=O)C2)C(=O)N1CCC1=CCCCC1. The van der Waals surface area contributed by atoms with Crippen molar-refractivity contribution in [3.05, 3.63) is 42.0 Å². The number of amides is 5. The molecular weight excluding hydrogens is 446 g/mol. The summed E-state index contributed by atoms with van der Waals surface area (Å²) >= 11 is 0. The molecule has 1 aromatic rings. The normalized spacial score (nSPS) is 22.6. The third-order valence-corrected chi connectivity index (χ3v) is 8.10. The van der Waals surface area contributed by atoms with Crippen LogP contribution in [0.25, 0.3) is 0 Å². The van der Waals surface area contributed by atoms with Crippen LogP contribution >= 0.6 is 0 Å². The fraction of sp³-hybridized carbons (Fsp3) is 0.478. The van der Waals surface area contributed by atoms with E-state index in [0.717, 1.165) is 30.6 Å². The first-order chi connectivity index (χ1) is 15.8. The fourth-order valence-electron chi connectivity index (χ4n) is 4.61. The molecule has 2 aliphatic heterocycles. The molecule has 0 unspecified atom stereocenters. The van der Waals surface area contributed by atoms with E-state index in [1.54, 1.807) is 30.3 Å². The van der Waals surface area contributed by atoms with Crippen LogP contribution in [0.15, 0.2) is 42.0 Å². The summed E-state index contributed by atoms with van der Waals surface area (Å²) in [5.41, 5.74) is 1.65. The Balaban J connectivity index is 1.49. The minimum atomic E-state index is -3.28. The maximum Gasteiger partial charge on any atom is 0.334 e. The molecule has 1 atom stereocenters. The minimum Gasteiger partial charge on any atom is -0.307 e. The van der Waals surface area contributed by atoms with E-state index in [-0.39, 0.29) is 24.5 Å². The first-order valence-electron chi connectivity index (χ1n) is 11.2. The summed E-state index contributed by atoms with van der Waals surface area (Å²) in [5.74, 6) is -2.78. The molecule has 1 aromatic carbocycles. The van der Waals surface area contributed by atoms with Crippen molar-refractivity contribution in [2.75, 3.05) is 29.5 Å². The van der Waals surface area contributed by atoms with Crippen molar-refractivity contribution in [2.45, 2.75) is 44.6 Å². The van der Waals surface area contributed by atoms with Gasteiger partial charge >= 0.3 is 17.8 Å². The van der Waals surface area contributed by atoms with Gasteiger partial charge in [-0.1, -0.05) is 29.8 Å². The van der Waals surface area contributed by atoms with E-state index in [2.05, 4.69) is 6.08 Å². The lowest BCUT2D eigenvalue weighted by Gasteiger charge is -2.29. The van der Waals surface area contributed by atoms with E-state index < -0.39 is 46.2 Å². The summed E-state index contributed by atoms with van der Waals surface area (Å²) in [5, 5.41) is 0. The summed E-state index contributed by atoms with van der Waals surface area (Å²) < 4.78 is 24.0. The molecule has 176 valence electrons. The van der Waals surface area contributed by atoms with Crippen LogP contribution in [0.1, 0.15) is 38.5 Å². The van der Waals surface area contributed by atoms with E-state index in [1.165, 1.54) is 10.5 Å². The number of benzene rings is 1. The molecule has 9 nitrogen and oxygen atoms in total. The largest absolute Gasteiger partial charge is 0.334 e. The van der Waals surface area contributed by atoms with Gasteiger partial charge in [-0.2, -0.15) is 0 Å². The molecule has 0 spiro atoms. The van der Waals surface area contributed by atoms with Crippen LogP contribution in [0.2, 0.25) is 0 Å². The van der Waals surface area contributed by atoms with E-state index >= 15 is 0 Å². The number of carbonyl (C=O) groups is 4. The van der Waals surface area contributed by atoms with Gasteiger partial charge in [0.15, 0.2) is 9.84 Å². The number of urea groups is 1. The van der Waals surface area contributed by atoms with Crippen molar-refractivity contribution in [3.8, 4) is 0 Å². The lowest BCUT2D eigenvalue weighted by atomic mass is 9.97. The molecule has 5 amide bonds. The van der Waals surface area contributed by atoms with E-state index in [4.69, 9.17) is 0 Å². The van der Waals surface area contributed by atoms with Gasteiger partial charge in [0.25, 0.3) is 0 Å². The quantitative estimate of drug-likeness (QED) is 0.340. The summed E-state index contributed by atoms with van der Waals surface area (Å²) in [6, 6.07) is 7.15. The minimum absolute atomic E-state index is 0.0298. The van der Waals surface area contributed by atoms with Gasteiger partial charge in [0, 0.05) is 12.2 Å². The molecule has 0 N–H and O–H groups in total. The number of imide groups is 2. The van der Waals surface area contributed by atoms with Crippen LogP contribution in [-0.2, 0) is 24.2 Å². The van der Waals surface area contributed by atoms with E-state index in [9.17, 15) is 27.6 Å². The Bertz CT molecular complexity index is 1100. The molecule has 33 heavy (non-hydrogen) atoms. The van der Waals surface area contributed by atoms with Crippen molar-refractivity contribution in [2.24, 2.45) is 0 Å². The zero-order valence-corrected chi connectivity index (χ0v) is 19.1. The van der Waals surface area contributed by atoms with E-state index in [1.807, 2.05) is 0 Å². The molecule has 3 aliphatic rings. The molecular formula is C23H27N3O6S. The van der Waals surface area contributed by atoms with Gasteiger partial charge in [0.05, 0.1) is 17.5 Å². The molecule has 2 heterocycles. The standard InChI is InChI=1S/C23H27N3O6S/c27-20(26(18-9-5-2-6-10-18)19-12-14-33(31,32)16-19)15-25-22(29)21(28)24(23(25)30)13-11-17-7-3-1-4-8-17/h2,5-7,9-10,19H,1,3-4,8,11-16H2/t19-/m0/s1.